The lowest BCUT2D eigenvalue weighted by atomic mass is 10.4. The first-order chi connectivity index (χ1) is 5.74. The summed E-state index contributed by atoms with van der Waals surface area (Å²) in [6.45, 7) is 6.89. The van der Waals surface area contributed by atoms with Gasteiger partial charge in [-0.05, 0) is 19.3 Å². The Balaban J connectivity index is 3.51. The molecule has 0 spiro atoms. The standard InChI is InChI=1S/C9H19O2S/c1-4-7-10-8(5-2)11-9(12)6-3/h8-9H,4-7H2,1-3H3. The third kappa shape index (κ3) is 5.86. The van der Waals surface area contributed by atoms with Crippen LogP contribution in [-0.2, 0) is 9.47 Å². The van der Waals surface area contributed by atoms with Crippen molar-refractivity contribution < 1.29 is 9.47 Å². The van der Waals surface area contributed by atoms with Gasteiger partial charge in [-0.25, -0.2) is 0 Å². The van der Waals surface area contributed by atoms with Gasteiger partial charge in [0, 0.05) is 6.61 Å². The molecule has 2 unspecified atom stereocenters. The van der Waals surface area contributed by atoms with Gasteiger partial charge < -0.3 is 9.47 Å². The Bertz CT molecular complexity index is 98.5. The van der Waals surface area contributed by atoms with E-state index in [1.165, 1.54) is 0 Å². The molecule has 0 amide bonds. The molecule has 2 nitrogen and oxygen atoms in total. The summed E-state index contributed by atoms with van der Waals surface area (Å²) in [6.07, 6.45) is 2.65. The maximum Gasteiger partial charge on any atom is 0.158 e. The van der Waals surface area contributed by atoms with E-state index in [-0.39, 0.29) is 11.7 Å². The molecule has 12 heavy (non-hydrogen) atoms. The third-order valence-electron chi connectivity index (χ3n) is 1.48. The van der Waals surface area contributed by atoms with Crippen molar-refractivity contribution in [2.24, 2.45) is 0 Å². The average molecular weight is 191 g/mol. The maximum atomic E-state index is 5.44. The van der Waals surface area contributed by atoms with Crippen LogP contribution < -0.4 is 0 Å². The van der Waals surface area contributed by atoms with Crippen molar-refractivity contribution in [2.75, 3.05) is 6.61 Å². The summed E-state index contributed by atoms with van der Waals surface area (Å²) in [5, 5.41) is 0. The number of rotatable bonds is 7. The molecule has 0 aliphatic carbocycles. The second-order valence-electron chi connectivity index (χ2n) is 2.68. The first kappa shape index (κ1) is 12.3. The van der Waals surface area contributed by atoms with Gasteiger partial charge in [-0.1, -0.05) is 33.4 Å². The van der Waals surface area contributed by atoms with Gasteiger partial charge in [0.25, 0.3) is 0 Å². The van der Waals surface area contributed by atoms with Crippen LogP contribution in [-0.4, -0.2) is 18.3 Å². The molecule has 0 aliphatic rings. The molecule has 0 saturated heterocycles. The van der Waals surface area contributed by atoms with Crippen molar-refractivity contribution in [1.82, 2.24) is 0 Å². The molecule has 2 atom stereocenters. The Kier molecular flexibility index (Phi) is 8.07. The van der Waals surface area contributed by atoms with Crippen LogP contribution in [0.5, 0.6) is 0 Å². The summed E-state index contributed by atoms with van der Waals surface area (Å²) in [5.41, 5.74) is -0.105. The fourth-order valence-corrected chi connectivity index (χ4v) is 0.892. The molecule has 0 aromatic rings. The highest BCUT2D eigenvalue weighted by molar-refractivity contribution is 7.80. The Morgan fingerprint density at radius 1 is 1.17 bits per heavy atom. The molecule has 0 fully saturated rings. The van der Waals surface area contributed by atoms with E-state index in [1.807, 2.05) is 13.8 Å². The number of ether oxygens (including phenoxy) is 2. The van der Waals surface area contributed by atoms with Crippen LogP contribution in [0.3, 0.4) is 0 Å². The Morgan fingerprint density at radius 3 is 2.25 bits per heavy atom. The molecular formula is C9H19O2S. The second kappa shape index (κ2) is 7.90. The molecule has 0 aromatic heterocycles. The smallest absolute Gasteiger partial charge is 0.158 e. The molecule has 1 radical (unpaired) electrons. The summed E-state index contributed by atoms with van der Waals surface area (Å²) in [6, 6.07) is 0. The van der Waals surface area contributed by atoms with Gasteiger partial charge in [-0.3, -0.25) is 0 Å². The number of hydrogen-bond acceptors (Lipinski definition) is 2. The van der Waals surface area contributed by atoms with Crippen molar-refractivity contribution >= 4 is 12.6 Å². The van der Waals surface area contributed by atoms with Gasteiger partial charge in [0.15, 0.2) is 6.29 Å². The predicted molar refractivity (Wildman–Crippen MR) is 53.1 cm³/mol. The molecule has 3 heteroatoms. The highest BCUT2D eigenvalue weighted by Gasteiger charge is 2.10. The first-order valence-electron chi connectivity index (χ1n) is 4.67. The SMILES string of the molecule is CCCOC(CC)OC([S])CC. The molecule has 0 bridgehead atoms. The summed E-state index contributed by atoms with van der Waals surface area (Å²) in [5.74, 6) is 0. The van der Waals surface area contributed by atoms with E-state index >= 15 is 0 Å². The van der Waals surface area contributed by atoms with E-state index in [4.69, 9.17) is 22.1 Å². The first-order valence-corrected chi connectivity index (χ1v) is 5.14. The van der Waals surface area contributed by atoms with Gasteiger partial charge >= 0.3 is 0 Å². The quantitative estimate of drug-likeness (QED) is 0.576. The highest BCUT2D eigenvalue weighted by Crippen LogP contribution is 2.10. The summed E-state index contributed by atoms with van der Waals surface area (Å²) < 4.78 is 10.9. The zero-order chi connectivity index (χ0) is 9.40. The van der Waals surface area contributed by atoms with E-state index in [2.05, 4.69) is 6.92 Å². The lowest BCUT2D eigenvalue weighted by Crippen LogP contribution is -2.20. The lowest BCUT2D eigenvalue weighted by Gasteiger charge is -2.19. The van der Waals surface area contributed by atoms with Crippen LogP contribution in [0.4, 0.5) is 0 Å². The molecule has 0 rings (SSSR count). The van der Waals surface area contributed by atoms with Crippen LogP contribution in [0.25, 0.3) is 0 Å². The Labute approximate surface area is 81.0 Å². The number of hydrogen-bond donors (Lipinski definition) is 0. The van der Waals surface area contributed by atoms with Crippen molar-refractivity contribution in [1.29, 1.82) is 0 Å². The van der Waals surface area contributed by atoms with Gasteiger partial charge in [0.1, 0.15) is 5.44 Å². The molecule has 0 aromatic carbocycles. The van der Waals surface area contributed by atoms with Crippen LogP contribution in [0.2, 0.25) is 0 Å². The van der Waals surface area contributed by atoms with Gasteiger partial charge in [0.2, 0.25) is 0 Å². The molecule has 73 valence electrons. The molecule has 0 N–H and O–H groups in total. The molecular weight excluding hydrogens is 172 g/mol. The summed E-state index contributed by atoms with van der Waals surface area (Å²) >= 11 is 5.03. The zero-order valence-corrected chi connectivity index (χ0v) is 9.02. The molecule has 0 heterocycles. The minimum Gasteiger partial charge on any atom is -0.353 e. The largest absolute Gasteiger partial charge is 0.353 e. The monoisotopic (exact) mass is 191 g/mol. The van der Waals surface area contributed by atoms with E-state index in [9.17, 15) is 0 Å². The summed E-state index contributed by atoms with van der Waals surface area (Å²) in [4.78, 5) is 0. The topological polar surface area (TPSA) is 18.5 Å². The van der Waals surface area contributed by atoms with Crippen LogP contribution >= 0.6 is 12.6 Å². The summed E-state index contributed by atoms with van der Waals surface area (Å²) in [7, 11) is 0. The van der Waals surface area contributed by atoms with Crippen molar-refractivity contribution in [2.45, 2.75) is 51.8 Å². The Hall–Kier alpha value is 0.270. The van der Waals surface area contributed by atoms with Gasteiger partial charge in [-0.15, -0.1) is 0 Å². The van der Waals surface area contributed by atoms with Crippen molar-refractivity contribution in [3.05, 3.63) is 0 Å². The normalized spacial score (nSPS) is 16.0. The van der Waals surface area contributed by atoms with Crippen molar-refractivity contribution in [3.63, 3.8) is 0 Å². The maximum absolute atomic E-state index is 5.44. The second-order valence-corrected chi connectivity index (χ2v) is 3.21. The van der Waals surface area contributed by atoms with Crippen LogP contribution in [0.15, 0.2) is 0 Å². The van der Waals surface area contributed by atoms with E-state index in [0.29, 0.717) is 0 Å². The zero-order valence-electron chi connectivity index (χ0n) is 8.21. The van der Waals surface area contributed by atoms with Gasteiger partial charge in [0.05, 0.1) is 0 Å². The highest BCUT2D eigenvalue weighted by atomic mass is 32.1. The average Bonchev–Trinajstić information content (AvgIpc) is 2.11. The fraction of sp³-hybridized carbons (Fsp3) is 1.00. The third-order valence-corrected chi connectivity index (χ3v) is 1.92. The minimum absolute atomic E-state index is 0.104. The molecule has 0 aliphatic heterocycles. The predicted octanol–water partition coefficient (Wildman–Crippen LogP) is 3.10. The minimum atomic E-state index is -0.105. The van der Waals surface area contributed by atoms with E-state index in [0.717, 1.165) is 25.9 Å². The van der Waals surface area contributed by atoms with Gasteiger partial charge in [-0.2, -0.15) is 0 Å². The van der Waals surface area contributed by atoms with E-state index < -0.39 is 0 Å². The van der Waals surface area contributed by atoms with Crippen LogP contribution in [0.1, 0.15) is 40.0 Å². The lowest BCUT2D eigenvalue weighted by molar-refractivity contribution is -0.151. The fourth-order valence-electron chi connectivity index (χ4n) is 0.768. The molecule has 0 saturated carbocycles. The van der Waals surface area contributed by atoms with E-state index in [1.54, 1.807) is 0 Å². The Morgan fingerprint density at radius 2 is 1.83 bits per heavy atom. The van der Waals surface area contributed by atoms with Crippen LogP contribution in [0, 0.1) is 0 Å². The van der Waals surface area contributed by atoms with Crippen molar-refractivity contribution in [3.8, 4) is 0 Å².